The topological polar surface area (TPSA) is 102 Å². The molecule has 4 rings (SSSR count). The lowest BCUT2D eigenvalue weighted by Gasteiger charge is -2.40. The van der Waals surface area contributed by atoms with Crippen molar-refractivity contribution in [2.24, 2.45) is 0 Å². The van der Waals surface area contributed by atoms with Crippen molar-refractivity contribution in [2.75, 3.05) is 37.8 Å². The lowest BCUT2D eigenvalue weighted by molar-refractivity contribution is -0.156. The van der Waals surface area contributed by atoms with Crippen LogP contribution in [0.15, 0.2) is 66.7 Å². The van der Waals surface area contributed by atoms with Gasteiger partial charge in [0.1, 0.15) is 12.4 Å². The Morgan fingerprint density at radius 3 is 2.21 bits per heavy atom. The number of fused-ring (bicyclic) bond motifs is 1. The third kappa shape index (κ3) is 7.36. The van der Waals surface area contributed by atoms with E-state index in [9.17, 15) is 14.4 Å². The zero-order chi connectivity index (χ0) is 30.3. The fraction of sp³-hybridized carbons (Fsp3) is 0.382. The molecule has 0 radical (unpaired) electrons. The minimum atomic E-state index is -1.02. The van der Waals surface area contributed by atoms with Gasteiger partial charge in [0.05, 0.1) is 18.7 Å². The van der Waals surface area contributed by atoms with Gasteiger partial charge in [-0.1, -0.05) is 38.1 Å². The van der Waals surface area contributed by atoms with Gasteiger partial charge in [-0.05, 0) is 79.3 Å². The van der Waals surface area contributed by atoms with E-state index in [0.29, 0.717) is 43.9 Å². The van der Waals surface area contributed by atoms with Crippen LogP contribution in [0.1, 0.15) is 71.5 Å². The summed E-state index contributed by atoms with van der Waals surface area (Å²) in [6, 6.07) is 19.5. The Balaban J connectivity index is 1.39. The second kappa shape index (κ2) is 13.7. The first-order chi connectivity index (χ1) is 20.1. The van der Waals surface area contributed by atoms with Gasteiger partial charge in [0, 0.05) is 36.4 Å². The smallest absolute Gasteiger partial charge is 0.335 e. The highest BCUT2D eigenvalue weighted by molar-refractivity contribution is 6.09. The van der Waals surface area contributed by atoms with Gasteiger partial charge in [0.2, 0.25) is 0 Å². The van der Waals surface area contributed by atoms with E-state index in [1.54, 1.807) is 19.1 Å². The molecule has 0 amide bonds. The zero-order valence-electron chi connectivity index (χ0n) is 24.7. The van der Waals surface area contributed by atoms with Gasteiger partial charge >= 0.3 is 11.9 Å². The summed E-state index contributed by atoms with van der Waals surface area (Å²) in [6.07, 6.45) is 0.741. The summed E-state index contributed by atoms with van der Waals surface area (Å²) in [7, 11) is 0. The first kappa shape index (κ1) is 30.8. The average Bonchev–Trinajstić information content (AvgIpc) is 2.98. The summed E-state index contributed by atoms with van der Waals surface area (Å²) >= 11 is 0. The molecule has 0 bridgehead atoms. The van der Waals surface area contributed by atoms with Crippen LogP contribution in [0.2, 0.25) is 0 Å². The molecule has 1 atom stereocenters. The molecule has 1 unspecified atom stereocenters. The number of esters is 1. The Bertz CT molecular complexity index is 1400. The Morgan fingerprint density at radius 1 is 0.905 bits per heavy atom. The quantitative estimate of drug-likeness (QED) is 0.205. The van der Waals surface area contributed by atoms with E-state index in [2.05, 4.69) is 18.7 Å². The number of hydrogen-bond acceptors (Lipinski definition) is 7. The maximum atomic E-state index is 13.2. The minimum Gasteiger partial charge on any atom is -0.492 e. The molecule has 1 heterocycles. The molecular weight excluding hydrogens is 534 g/mol. The van der Waals surface area contributed by atoms with E-state index >= 15 is 0 Å². The van der Waals surface area contributed by atoms with Gasteiger partial charge in [-0.15, -0.1) is 0 Å². The van der Waals surface area contributed by atoms with Crippen LogP contribution in [-0.4, -0.2) is 61.8 Å². The number of hydrogen-bond donors (Lipinski definition) is 1. The molecule has 0 aromatic heterocycles. The second-order valence-electron chi connectivity index (χ2n) is 11.0. The number of ether oxygens (including phenoxy) is 3. The Morgan fingerprint density at radius 2 is 1.57 bits per heavy atom. The van der Waals surface area contributed by atoms with Crippen molar-refractivity contribution in [1.82, 2.24) is 0 Å². The number of carbonyl (C=O) groups excluding carboxylic acids is 2. The van der Waals surface area contributed by atoms with Crippen molar-refractivity contribution < 1.29 is 33.7 Å². The fourth-order valence-corrected chi connectivity index (χ4v) is 5.18. The van der Waals surface area contributed by atoms with Gasteiger partial charge in [0.25, 0.3) is 0 Å². The maximum Gasteiger partial charge on any atom is 0.335 e. The van der Waals surface area contributed by atoms with Gasteiger partial charge < -0.3 is 24.2 Å². The lowest BCUT2D eigenvalue weighted by atomic mass is 9.76. The molecule has 0 saturated heterocycles. The second-order valence-corrected chi connectivity index (χ2v) is 11.0. The van der Waals surface area contributed by atoms with E-state index in [-0.39, 0.29) is 22.7 Å². The van der Waals surface area contributed by atoms with Crippen LogP contribution < -0.4 is 9.64 Å². The number of rotatable bonds is 13. The standard InChI is InChI=1S/C34H39NO7/c1-5-40-30(33(39)41-6-2)21-23-7-14-27(15-8-23)42-20-19-35-18-17-34(3,4)28-22-26(13-16-29(28)35)31(36)24-9-11-25(12-10-24)32(37)38/h7-16,22,30H,5-6,17-21H2,1-4H3,(H,37,38). The number of ketones is 1. The number of carboxylic acids is 1. The molecular formula is C34H39NO7. The first-order valence-electron chi connectivity index (χ1n) is 14.4. The minimum absolute atomic E-state index is 0.102. The van der Waals surface area contributed by atoms with Crippen LogP contribution in [-0.2, 0) is 26.1 Å². The van der Waals surface area contributed by atoms with Crippen molar-refractivity contribution in [3.05, 3.63) is 94.5 Å². The monoisotopic (exact) mass is 573 g/mol. The number of benzene rings is 3. The molecule has 3 aromatic carbocycles. The van der Waals surface area contributed by atoms with Crippen molar-refractivity contribution in [3.63, 3.8) is 0 Å². The highest BCUT2D eigenvalue weighted by Gasteiger charge is 2.32. The third-order valence-electron chi connectivity index (χ3n) is 7.62. The summed E-state index contributed by atoms with van der Waals surface area (Å²) in [5.74, 6) is -0.762. The fourth-order valence-electron chi connectivity index (χ4n) is 5.18. The molecule has 0 saturated carbocycles. The molecule has 1 aliphatic heterocycles. The Labute approximate surface area is 247 Å². The van der Waals surface area contributed by atoms with Gasteiger partial charge in [0.15, 0.2) is 11.9 Å². The molecule has 8 nitrogen and oxygen atoms in total. The van der Waals surface area contributed by atoms with Gasteiger partial charge in [-0.25, -0.2) is 9.59 Å². The zero-order valence-corrected chi connectivity index (χ0v) is 24.7. The third-order valence-corrected chi connectivity index (χ3v) is 7.62. The molecule has 42 heavy (non-hydrogen) atoms. The molecule has 0 fully saturated rings. The largest absolute Gasteiger partial charge is 0.492 e. The van der Waals surface area contributed by atoms with Crippen LogP contribution >= 0.6 is 0 Å². The number of carbonyl (C=O) groups is 3. The summed E-state index contributed by atoms with van der Waals surface area (Å²) in [5.41, 5.74) is 4.24. The summed E-state index contributed by atoms with van der Waals surface area (Å²) in [4.78, 5) is 38.8. The molecule has 8 heteroatoms. The van der Waals surface area contributed by atoms with Crippen LogP contribution in [0.3, 0.4) is 0 Å². The van der Waals surface area contributed by atoms with E-state index in [1.807, 2.05) is 49.4 Å². The average molecular weight is 574 g/mol. The van der Waals surface area contributed by atoms with Crippen LogP contribution in [0.5, 0.6) is 5.75 Å². The van der Waals surface area contributed by atoms with E-state index in [1.165, 1.54) is 12.1 Å². The van der Waals surface area contributed by atoms with Crippen LogP contribution in [0.4, 0.5) is 5.69 Å². The van der Waals surface area contributed by atoms with Crippen LogP contribution in [0.25, 0.3) is 0 Å². The highest BCUT2D eigenvalue weighted by Crippen LogP contribution is 2.40. The predicted octanol–water partition coefficient (Wildman–Crippen LogP) is 5.69. The summed E-state index contributed by atoms with van der Waals surface area (Å²) in [6.45, 7) is 10.8. The van der Waals surface area contributed by atoms with Gasteiger partial charge in [-0.3, -0.25) is 4.79 Å². The highest BCUT2D eigenvalue weighted by atomic mass is 16.6. The SMILES string of the molecule is CCOC(=O)C(Cc1ccc(OCCN2CCC(C)(C)c3cc(C(=O)c4ccc(C(=O)O)cc4)ccc32)cc1)OCC. The first-order valence-corrected chi connectivity index (χ1v) is 14.4. The molecule has 0 aliphatic carbocycles. The van der Waals surface area contributed by atoms with E-state index < -0.39 is 12.1 Å². The molecule has 0 spiro atoms. The Hall–Kier alpha value is -4.17. The van der Waals surface area contributed by atoms with Crippen molar-refractivity contribution in [3.8, 4) is 5.75 Å². The normalized spacial score (nSPS) is 14.5. The number of aromatic carboxylic acids is 1. The van der Waals surface area contributed by atoms with Crippen molar-refractivity contribution in [2.45, 2.75) is 52.1 Å². The van der Waals surface area contributed by atoms with Gasteiger partial charge in [-0.2, -0.15) is 0 Å². The number of carboxylic acid groups (broad SMARTS) is 1. The molecule has 3 aromatic rings. The lowest BCUT2D eigenvalue weighted by Crippen LogP contribution is -2.39. The summed E-state index contributed by atoms with van der Waals surface area (Å²) < 4.78 is 16.7. The van der Waals surface area contributed by atoms with E-state index in [0.717, 1.165) is 35.5 Å². The number of anilines is 1. The maximum absolute atomic E-state index is 13.2. The Kier molecular flexibility index (Phi) is 10.0. The van der Waals surface area contributed by atoms with Crippen LogP contribution in [0, 0.1) is 0 Å². The predicted molar refractivity (Wildman–Crippen MR) is 161 cm³/mol. The molecule has 1 N–H and O–H groups in total. The van der Waals surface area contributed by atoms with Crippen molar-refractivity contribution in [1.29, 1.82) is 0 Å². The summed E-state index contributed by atoms with van der Waals surface area (Å²) in [5, 5.41) is 9.14. The van der Waals surface area contributed by atoms with Crippen molar-refractivity contribution >= 4 is 23.4 Å². The molecule has 222 valence electrons. The molecule has 1 aliphatic rings. The van der Waals surface area contributed by atoms with E-state index in [4.69, 9.17) is 19.3 Å². The number of nitrogens with zero attached hydrogens (tertiary/aromatic N) is 1.